The molecule has 5 rings (SSSR count). The van der Waals surface area contributed by atoms with Crippen molar-refractivity contribution in [3.8, 4) is 5.75 Å². The maximum atomic E-state index is 12.7. The second-order valence-corrected chi connectivity index (χ2v) is 12.1. The van der Waals surface area contributed by atoms with Crippen LogP contribution < -0.4 is 4.74 Å². The Hall–Kier alpha value is -3.46. The molecule has 1 heterocycles. The van der Waals surface area contributed by atoms with Gasteiger partial charge in [0.15, 0.2) is 0 Å². The van der Waals surface area contributed by atoms with E-state index in [1.807, 2.05) is 115 Å². The van der Waals surface area contributed by atoms with Gasteiger partial charge in [-0.3, -0.25) is 0 Å². The molecule has 4 aromatic rings. The SMILES string of the molecule is COc1ccc(S[C@@H]2O[C@H](COCc3ccccc3)[C@@H](OCc3ccccc3)[C@H](OCc3ccccc3)[C@H]2CC(C)=O)cc1. The Morgan fingerprint density at radius 3 is 1.75 bits per heavy atom. The van der Waals surface area contributed by atoms with E-state index in [-0.39, 0.29) is 17.1 Å². The summed E-state index contributed by atoms with van der Waals surface area (Å²) in [6.07, 6.45) is -1.01. The fraction of sp³-hybridized carbons (Fsp3) is 0.324. The molecule has 6 nitrogen and oxygen atoms in total. The van der Waals surface area contributed by atoms with Gasteiger partial charge in [-0.05, 0) is 47.9 Å². The number of methoxy groups -OCH3 is 1. The van der Waals surface area contributed by atoms with E-state index in [4.69, 9.17) is 23.7 Å². The van der Waals surface area contributed by atoms with Crippen LogP contribution in [0, 0.1) is 5.92 Å². The molecular formula is C37H40O6S. The molecule has 1 fully saturated rings. The number of hydrogen-bond acceptors (Lipinski definition) is 7. The minimum absolute atomic E-state index is 0.0767. The van der Waals surface area contributed by atoms with Crippen molar-refractivity contribution in [2.45, 2.75) is 61.8 Å². The Morgan fingerprint density at radius 1 is 0.705 bits per heavy atom. The van der Waals surface area contributed by atoms with Crippen LogP contribution in [0.4, 0.5) is 0 Å². The third kappa shape index (κ3) is 9.27. The summed E-state index contributed by atoms with van der Waals surface area (Å²) in [5.74, 6) is 0.604. The highest BCUT2D eigenvalue weighted by atomic mass is 32.2. The van der Waals surface area contributed by atoms with E-state index in [0.29, 0.717) is 32.8 Å². The molecule has 7 heteroatoms. The molecule has 0 aliphatic carbocycles. The molecule has 1 saturated heterocycles. The molecule has 1 aliphatic rings. The van der Waals surface area contributed by atoms with Crippen LogP contribution in [-0.2, 0) is 43.6 Å². The first kappa shape index (κ1) is 31.9. The molecule has 5 atom stereocenters. The second-order valence-electron chi connectivity index (χ2n) is 10.9. The Balaban J connectivity index is 1.44. The maximum Gasteiger partial charge on any atom is 0.130 e. The fourth-order valence-electron chi connectivity index (χ4n) is 5.36. The van der Waals surface area contributed by atoms with Gasteiger partial charge >= 0.3 is 0 Å². The number of ether oxygens (including phenoxy) is 5. The molecule has 0 unspecified atom stereocenters. The van der Waals surface area contributed by atoms with E-state index in [0.717, 1.165) is 27.3 Å². The van der Waals surface area contributed by atoms with Gasteiger partial charge in [0, 0.05) is 17.2 Å². The topological polar surface area (TPSA) is 63.2 Å². The molecule has 230 valence electrons. The Kier molecular flexibility index (Phi) is 12.0. The second kappa shape index (κ2) is 16.6. The van der Waals surface area contributed by atoms with E-state index in [2.05, 4.69) is 0 Å². The van der Waals surface area contributed by atoms with Crippen molar-refractivity contribution >= 4 is 17.5 Å². The number of hydrogen-bond donors (Lipinski definition) is 0. The zero-order valence-electron chi connectivity index (χ0n) is 25.2. The Labute approximate surface area is 264 Å². The first-order chi connectivity index (χ1) is 21.6. The van der Waals surface area contributed by atoms with Crippen LogP contribution >= 0.6 is 11.8 Å². The maximum absolute atomic E-state index is 12.7. The summed E-state index contributed by atoms with van der Waals surface area (Å²) in [5.41, 5.74) is 2.82. The van der Waals surface area contributed by atoms with Crippen molar-refractivity contribution in [3.05, 3.63) is 132 Å². The lowest BCUT2D eigenvalue weighted by Gasteiger charge is -2.46. The first-order valence-electron chi connectivity index (χ1n) is 15.0. The van der Waals surface area contributed by atoms with Crippen LogP contribution in [0.5, 0.6) is 5.75 Å². The van der Waals surface area contributed by atoms with Crippen molar-refractivity contribution in [1.29, 1.82) is 0 Å². The monoisotopic (exact) mass is 612 g/mol. The molecule has 4 aromatic carbocycles. The van der Waals surface area contributed by atoms with Crippen LogP contribution in [-0.4, -0.2) is 43.2 Å². The predicted octanol–water partition coefficient (Wildman–Crippen LogP) is 7.50. The molecule has 44 heavy (non-hydrogen) atoms. The highest BCUT2D eigenvalue weighted by Crippen LogP contribution is 2.42. The highest BCUT2D eigenvalue weighted by molar-refractivity contribution is 7.99. The number of carbonyl (C=O) groups excluding carboxylic acids is 1. The molecule has 0 radical (unpaired) electrons. The molecule has 0 saturated carbocycles. The molecule has 0 N–H and O–H groups in total. The van der Waals surface area contributed by atoms with Gasteiger partial charge in [0.2, 0.25) is 0 Å². The van der Waals surface area contributed by atoms with Gasteiger partial charge in [-0.15, -0.1) is 0 Å². The quantitative estimate of drug-likeness (QED) is 0.138. The average molecular weight is 613 g/mol. The van der Waals surface area contributed by atoms with E-state index in [1.165, 1.54) is 0 Å². The smallest absolute Gasteiger partial charge is 0.130 e. The third-order valence-electron chi connectivity index (χ3n) is 7.57. The molecule has 1 aliphatic heterocycles. The summed E-state index contributed by atoms with van der Waals surface area (Å²) in [4.78, 5) is 13.7. The van der Waals surface area contributed by atoms with Crippen LogP contribution in [0.1, 0.15) is 30.0 Å². The van der Waals surface area contributed by atoms with E-state index >= 15 is 0 Å². The largest absolute Gasteiger partial charge is 0.497 e. The van der Waals surface area contributed by atoms with E-state index in [9.17, 15) is 4.79 Å². The standard InChI is InChI=1S/C37H40O6S/c1-27(38)22-33-35(41-24-29-14-8-4-9-15-29)36(42-25-30-16-10-5-11-17-30)34(26-40-23-28-12-6-3-7-13-28)43-37(33)44-32-20-18-31(39-2)19-21-32/h3-21,33-37H,22-26H2,1-2H3/t33-,34-,35-,36-,37+/m1/s1. The van der Waals surface area contributed by atoms with Crippen LogP contribution in [0.3, 0.4) is 0 Å². The average Bonchev–Trinajstić information content (AvgIpc) is 3.06. The molecular weight excluding hydrogens is 572 g/mol. The van der Waals surface area contributed by atoms with Crippen LogP contribution in [0.15, 0.2) is 120 Å². The summed E-state index contributed by atoms with van der Waals surface area (Å²) in [7, 11) is 1.65. The normalized spacial score (nSPS) is 21.5. The number of carbonyl (C=O) groups is 1. The van der Waals surface area contributed by atoms with Gasteiger partial charge in [-0.1, -0.05) is 103 Å². The van der Waals surface area contributed by atoms with Crippen LogP contribution in [0.2, 0.25) is 0 Å². The minimum atomic E-state index is -0.466. The molecule has 0 aromatic heterocycles. The lowest BCUT2D eigenvalue weighted by atomic mass is 9.88. The van der Waals surface area contributed by atoms with Gasteiger partial charge in [0.25, 0.3) is 0 Å². The summed E-state index contributed by atoms with van der Waals surface area (Å²) in [6.45, 7) is 3.17. The molecule has 0 bridgehead atoms. The van der Waals surface area contributed by atoms with Gasteiger partial charge in [0.1, 0.15) is 29.2 Å². The minimum Gasteiger partial charge on any atom is -0.497 e. The number of thioether (sulfide) groups is 1. The molecule has 0 spiro atoms. The summed E-state index contributed by atoms with van der Waals surface area (Å²) < 4.78 is 31.8. The highest BCUT2D eigenvalue weighted by Gasteiger charge is 2.48. The van der Waals surface area contributed by atoms with Gasteiger partial charge in [0.05, 0.1) is 39.6 Å². The summed E-state index contributed by atoms with van der Waals surface area (Å²) in [6, 6.07) is 38.1. The zero-order chi connectivity index (χ0) is 30.6. The molecule has 0 amide bonds. The van der Waals surface area contributed by atoms with Gasteiger partial charge < -0.3 is 28.5 Å². The number of ketones is 1. The zero-order valence-corrected chi connectivity index (χ0v) is 26.1. The van der Waals surface area contributed by atoms with Crippen molar-refractivity contribution in [1.82, 2.24) is 0 Å². The van der Waals surface area contributed by atoms with E-state index in [1.54, 1.807) is 25.8 Å². The van der Waals surface area contributed by atoms with Crippen molar-refractivity contribution in [2.75, 3.05) is 13.7 Å². The predicted molar refractivity (Wildman–Crippen MR) is 172 cm³/mol. The van der Waals surface area contributed by atoms with Crippen molar-refractivity contribution in [3.63, 3.8) is 0 Å². The first-order valence-corrected chi connectivity index (χ1v) is 15.9. The lowest BCUT2D eigenvalue weighted by Crippen LogP contribution is -2.57. The number of benzene rings is 4. The lowest BCUT2D eigenvalue weighted by molar-refractivity contribution is -0.228. The van der Waals surface area contributed by atoms with Crippen molar-refractivity contribution < 1.29 is 28.5 Å². The summed E-state index contributed by atoms with van der Waals surface area (Å²) in [5, 5.41) is 0. The van der Waals surface area contributed by atoms with E-state index < -0.39 is 18.3 Å². The van der Waals surface area contributed by atoms with Crippen LogP contribution in [0.25, 0.3) is 0 Å². The van der Waals surface area contributed by atoms with Crippen molar-refractivity contribution in [2.24, 2.45) is 5.92 Å². The van der Waals surface area contributed by atoms with Gasteiger partial charge in [-0.2, -0.15) is 0 Å². The number of Topliss-reactive ketones (excluding diaryl/α,β-unsaturated/α-hetero) is 1. The summed E-state index contributed by atoms with van der Waals surface area (Å²) >= 11 is 1.59. The Bertz CT molecular complexity index is 1400. The number of rotatable bonds is 15. The fourth-order valence-corrected chi connectivity index (χ4v) is 6.55. The Morgan fingerprint density at radius 2 is 1.23 bits per heavy atom. The van der Waals surface area contributed by atoms with Gasteiger partial charge in [-0.25, -0.2) is 0 Å². The third-order valence-corrected chi connectivity index (χ3v) is 8.81.